The standard InChI is InChI=1S/C26H17FN4O4/c1-34-23-10-19-21(8-18(23)17-9-24(35-2)20(27)7-15(17)11-28)30-26(33)31(25(19)32)22-13-29-12-14-5-3-4-6-16(14)22/h3-10,12-13H,1-2H3,(H,30,33). The van der Waals surface area contributed by atoms with E-state index in [0.29, 0.717) is 22.2 Å². The third-order valence-electron chi connectivity index (χ3n) is 5.81. The van der Waals surface area contributed by atoms with Gasteiger partial charge in [0.05, 0.1) is 48.6 Å². The van der Waals surface area contributed by atoms with Crippen LogP contribution in [0.25, 0.3) is 38.5 Å². The van der Waals surface area contributed by atoms with Gasteiger partial charge in [-0.05, 0) is 24.3 Å². The van der Waals surface area contributed by atoms with Gasteiger partial charge in [0.15, 0.2) is 11.6 Å². The van der Waals surface area contributed by atoms with Gasteiger partial charge in [-0.25, -0.2) is 13.8 Å². The largest absolute Gasteiger partial charge is 0.496 e. The Morgan fingerprint density at radius 2 is 1.74 bits per heavy atom. The number of hydrogen-bond acceptors (Lipinski definition) is 6. The van der Waals surface area contributed by atoms with Crippen molar-refractivity contribution in [1.29, 1.82) is 5.26 Å². The van der Waals surface area contributed by atoms with Crippen LogP contribution in [0.1, 0.15) is 5.56 Å². The van der Waals surface area contributed by atoms with Crippen molar-refractivity contribution >= 4 is 21.7 Å². The van der Waals surface area contributed by atoms with Crippen molar-refractivity contribution in [2.45, 2.75) is 0 Å². The van der Waals surface area contributed by atoms with Crippen LogP contribution in [-0.2, 0) is 0 Å². The van der Waals surface area contributed by atoms with E-state index in [4.69, 9.17) is 9.47 Å². The number of hydrogen-bond donors (Lipinski definition) is 1. The number of nitrogens with one attached hydrogen (secondary N) is 1. The fourth-order valence-corrected chi connectivity index (χ4v) is 4.15. The molecule has 0 aliphatic carbocycles. The SMILES string of the molecule is COc1cc(-c2cc3[nH]c(=O)n(-c4cncc5ccccc45)c(=O)c3cc2OC)c(C#N)cc1F. The number of fused-ring (bicyclic) bond motifs is 2. The average molecular weight is 468 g/mol. The molecule has 0 saturated carbocycles. The van der Waals surface area contributed by atoms with Crippen LogP contribution in [0.15, 0.2) is 70.5 Å². The number of aromatic nitrogens is 3. The molecule has 0 radical (unpaired) electrons. The highest BCUT2D eigenvalue weighted by atomic mass is 19.1. The van der Waals surface area contributed by atoms with Crippen molar-refractivity contribution < 1.29 is 13.9 Å². The topological polar surface area (TPSA) is 110 Å². The number of nitrogens with zero attached hydrogens (tertiary/aromatic N) is 3. The zero-order valence-electron chi connectivity index (χ0n) is 18.6. The van der Waals surface area contributed by atoms with Crippen molar-refractivity contribution in [1.82, 2.24) is 14.5 Å². The number of H-pyrrole nitrogens is 1. The van der Waals surface area contributed by atoms with Crippen LogP contribution in [0.5, 0.6) is 11.5 Å². The monoisotopic (exact) mass is 468 g/mol. The van der Waals surface area contributed by atoms with E-state index in [0.717, 1.165) is 16.0 Å². The number of aromatic amines is 1. The van der Waals surface area contributed by atoms with E-state index >= 15 is 0 Å². The van der Waals surface area contributed by atoms with E-state index in [2.05, 4.69) is 9.97 Å². The lowest BCUT2D eigenvalue weighted by Gasteiger charge is -2.14. The first-order valence-electron chi connectivity index (χ1n) is 10.4. The smallest absolute Gasteiger partial charge is 0.333 e. The molecule has 0 aliphatic rings. The molecule has 0 bridgehead atoms. The first-order valence-corrected chi connectivity index (χ1v) is 10.4. The Labute approximate surface area is 197 Å². The van der Waals surface area contributed by atoms with Crippen LogP contribution in [0.4, 0.5) is 4.39 Å². The first-order chi connectivity index (χ1) is 17.0. The van der Waals surface area contributed by atoms with Gasteiger partial charge in [-0.15, -0.1) is 0 Å². The lowest BCUT2D eigenvalue weighted by Crippen LogP contribution is -2.33. The summed E-state index contributed by atoms with van der Waals surface area (Å²) in [4.78, 5) is 33.5. The lowest BCUT2D eigenvalue weighted by molar-refractivity contribution is 0.386. The third kappa shape index (κ3) is 3.48. The fraction of sp³-hybridized carbons (Fsp3) is 0.0769. The summed E-state index contributed by atoms with van der Waals surface area (Å²) in [6.45, 7) is 0. The molecule has 172 valence electrons. The lowest BCUT2D eigenvalue weighted by atomic mass is 9.97. The van der Waals surface area contributed by atoms with Crippen LogP contribution in [-0.4, -0.2) is 28.8 Å². The molecule has 3 aromatic carbocycles. The molecule has 0 amide bonds. The van der Waals surface area contributed by atoms with Gasteiger partial charge in [-0.3, -0.25) is 9.78 Å². The number of rotatable bonds is 4. The zero-order chi connectivity index (χ0) is 24.7. The Morgan fingerprint density at radius 1 is 0.971 bits per heavy atom. The second-order valence-electron chi connectivity index (χ2n) is 7.69. The summed E-state index contributed by atoms with van der Waals surface area (Å²) in [5.41, 5.74) is 0.0976. The van der Waals surface area contributed by atoms with Gasteiger partial charge in [0, 0.05) is 28.1 Å². The maximum absolute atomic E-state index is 14.2. The number of halogens is 1. The van der Waals surface area contributed by atoms with Crippen molar-refractivity contribution in [3.05, 3.63) is 93.1 Å². The highest BCUT2D eigenvalue weighted by molar-refractivity contribution is 5.91. The van der Waals surface area contributed by atoms with Gasteiger partial charge in [-0.2, -0.15) is 5.26 Å². The van der Waals surface area contributed by atoms with Crippen molar-refractivity contribution in [3.63, 3.8) is 0 Å². The molecule has 0 aliphatic heterocycles. The molecule has 0 saturated heterocycles. The van der Waals surface area contributed by atoms with E-state index in [1.807, 2.05) is 24.3 Å². The molecule has 5 rings (SSSR count). The van der Waals surface area contributed by atoms with Gasteiger partial charge in [-0.1, -0.05) is 24.3 Å². The molecule has 0 fully saturated rings. The molecule has 5 aromatic rings. The Morgan fingerprint density at radius 3 is 2.49 bits per heavy atom. The maximum Gasteiger partial charge on any atom is 0.333 e. The third-order valence-corrected chi connectivity index (χ3v) is 5.81. The highest BCUT2D eigenvalue weighted by Gasteiger charge is 2.19. The van der Waals surface area contributed by atoms with Gasteiger partial charge in [0.1, 0.15) is 5.75 Å². The molecule has 2 heterocycles. The van der Waals surface area contributed by atoms with E-state index in [-0.39, 0.29) is 28.0 Å². The average Bonchev–Trinajstić information content (AvgIpc) is 2.88. The van der Waals surface area contributed by atoms with Crippen LogP contribution in [0.2, 0.25) is 0 Å². The van der Waals surface area contributed by atoms with Crippen LogP contribution >= 0.6 is 0 Å². The number of methoxy groups -OCH3 is 2. The van der Waals surface area contributed by atoms with E-state index in [1.165, 1.54) is 38.6 Å². The van der Waals surface area contributed by atoms with Crippen LogP contribution in [0.3, 0.4) is 0 Å². The van der Waals surface area contributed by atoms with Crippen LogP contribution in [0, 0.1) is 17.1 Å². The fourth-order valence-electron chi connectivity index (χ4n) is 4.15. The first kappa shape index (κ1) is 21.9. The number of ether oxygens (including phenoxy) is 2. The summed E-state index contributed by atoms with van der Waals surface area (Å²) < 4.78 is 25.8. The molecule has 0 spiro atoms. The van der Waals surface area contributed by atoms with Crippen molar-refractivity contribution in [2.75, 3.05) is 14.2 Å². The summed E-state index contributed by atoms with van der Waals surface area (Å²) in [7, 11) is 2.73. The minimum atomic E-state index is -0.687. The number of benzene rings is 3. The van der Waals surface area contributed by atoms with Gasteiger partial charge in [0.25, 0.3) is 5.56 Å². The van der Waals surface area contributed by atoms with E-state index < -0.39 is 17.1 Å². The van der Waals surface area contributed by atoms with E-state index in [9.17, 15) is 19.2 Å². The van der Waals surface area contributed by atoms with Gasteiger partial charge >= 0.3 is 5.69 Å². The predicted molar refractivity (Wildman–Crippen MR) is 129 cm³/mol. The summed E-state index contributed by atoms with van der Waals surface area (Å²) in [6.07, 6.45) is 3.11. The molecule has 35 heavy (non-hydrogen) atoms. The molecule has 0 unspecified atom stereocenters. The predicted octanol–water partition coefficient (Wildman–Crippen LogP) is 3.92. The molecular weight excluding hydrogens is 451 g/mol. The molecule has 9 heteroatoms. The second kappa shape index (κ2) is 8.43. The molecule has 8 nitrogen and oxygen atoms in total. The number of nitriles is 1. The Bertz CT molecular complexity index is 1800. The van der Waals surface area contributed by atoms with Crippen molar-refractivity contribution in [2.24, 2.45) is 0 Å². The normalized spacial score (nSPS) is 10.9. The van der Waals surface area contributed by atoms with E-state index in [1.54, 1.807) is 12.3 Å². The summed E-state index contributed by atoms with van der Waals surface area (Å²) in [5, 5.41) is 11.2. The zero-order valence-corrected chi connectivity index (χ0v) is 18.6. The summed E-state index contributed by atoms with van der Waals surface area (Å²) in [6, 6.07) is 14.7. The second-order valence-corrected chi connectivity index (χ2v) is 7.69. The molecule has 2 aromatic heterocycles. The quantitative estimate of drug-likeness (QED) is 0.428. The maximum atomic E-state index is 14.2. The Hall–Kier alpha value is -4.97. The summed E-state index contributed by atoms with van der Waals surface area (Å²) >= 11 is 0. The minimum Gasteiger partial charge on any atom is -0.496 e. The van der Waals surface area contributed by atoms with Gasteiger partial charge < -0.3 is 14.5 Å². The minimum absolute atomic E-state index is 0.0402. The number of pyridine rings is 1. The Balaban J connectivity index is 1.81. The molecule has 0 atom stereocenters. The van der Waals surface area contributed by atoms with Crippen molar-refractivity contribution in [3.8, 4) is 34.4 Å². The van der Waals surface area contributed by atoms with Gasteiger partial charge in [0.2, 0.25) is 0 Å². The van der Waals surface area contributed by atoms with Crippen LogP contribution < -0.4 is 20.7 Å². The Kier molecular flexibility index (Phi) is 5.26. The molecule has 1 N–H and O–H groups in total. The molecular formula is C26H17FN4O4. The summed E-state index contributed by atoms with van der Waals surface area (Å²) in [5.74, 6) is -0.490. The highest BCUT2D eigenvalue weighted by Crippen LogP contribution is 2.37.